The van der Waals surface area contributed by atoms with Gasteiger partial charge in [-0.25, -0.2) is 13.8 Å². The second kappa shape index (κ2) is 6.27. The van der Waals surface area contributed by atoms with E-state index in [-0.39, 0.29) is 17.6 Å². The van der Waals surface area contributed by atoms with Gasteiger partial charge in [-0.2, -0.15) is 0 Å². The van der Waals surface area contributed by atoms with Gasteiger partial charge in [0.15, 0.2) is 0 Å². The van der Waals surface area contributed by atoms with Gasteiger partial charge in [-0.15, -0.1) is 0 Å². The van der Waals surface area contributed by atoms with Crippen LogP contribution < -0.4 is 0 Å². The summed E-state index contributed by atoms with van der Waals surface area (Å²) < 4.78 is 26.6. The molecule has 4 rings (SSSR count). The summed E-state index contributed by atoms with van der Waals surface area (Å²) in [6, 6.07) is 10.3. The Bertz CT molecular complexity index is 929. The molecule has 0 saturated carbocycles. The van der Waals surface area contributed by atoms with Gasteiger partial charge in [0.1, 0.15) is 17.5 Å². The fraction of sp³-hybridized carbons (Fsp3) is 0.263. The van der Waals surface area contributed by atoms with E-state index in [4.69, 9.17) is 0 Å². The van der Waals surface area contributed by atoms with Crippen LogP contribution in [0.15, 0.2) is 42.5 Å². The minimum atomic E-state index is -0.407. The summed E-state index contributed by atoms with van der Waals surface area (Å²) in [6.45, 7) is 1.18. The van der Waals surface area contributed by atoms with Crippen LogP contribution >= 0.6 is 0 Å². The van der Waals surface area contributed by atoms with Crippen LogP contribution in [0.3, 0.4) is 0 Å². The van der Waals surface area contributed by atoms with Crippen molar-refractivity contribution in [3.05, 3.63) is 65.5 Å². The third-order valence-corrected chi connectivity index (χ3v) is 4.70. The van der Waals surface area contributed by atoms with Crippen LogP contribution in [-0.4, -0.2) is 33.9 Å². The van der Waals surface area contributed by atoms with Crippen LogP contribution in [0.4, 0.5) is 8.78 Å². The lowest BCUT2D eigenvalue weighted by Crippen LogP contribution is -2.38. The number of aromatic nitrogens is 2. The van der Waals surface area contributed by atoms with Gasteiger partial charge in [-0.1, -0.05) is 6.07 Å². The van der Waals surface area contributed by atoms with Crippen LogP contribution in [0.1, 0.15) is 34.9 Å². The first-order valence-electron chi connectivity index (χ1n) is 8.30. The minimum Gasteiger partial charge on any atom is -0.342 e. The number of carbonyl (C=O) groups excluding carboxylic acids is 1. The lowest BCUT2D eigenvalue weighted by Gasteiger charge is -2.31. The number of fused-ring (bicyclic) bond motifs is 1. The summed E-state index contributed by atoms with van der Waals surface area (Å²) in [4.78, 5) is 21.9. The molecule has 2 heterocycles. The summed E-state index contributed by atoms with van der Waals surface area (Å²) in [6.07, 6.45) is 1.53. The Morgan fingerprint density at radius 2 is 1.84 bits per heavy atom. The zero-order valence-corrected chi connectivity index (χ0v) is 13.5. The Morgan fingerprint density at radius 3 is 2.60 bits per heavy atom. The summed E-state index contributed by atoms with van der Waals surface area (Å²) in [5.41, 5.74) is 1.81. The predicted molar refractivity (Wildman–Crippen MR) is 90.3 cm³/mol. The molecule has 1 fully saturated rings. The number of nitrogens with one attached hydrogen (secondary N) is 1. The van der Waals surface area contributed by atoms with Crippen molar-refractivity contribution in [2.45, 2.75) is 18.8 Å². The second-order valence-corrected chi connectivity index (χ2v) is 6.36. The van der Waals surface area contributed by atoms with E-state index in [1.807, 2.05) is 0 Å². The first-order chi connectivity index (χ1) is 12.1. The number of rotatable bonds is 2. The van der Waals surface area contributed by atoms with E-state index in [1.165, 1.54) is 24.3 Å². The number of likely N-dealkylation sites (tertiary alicyclic amines) is 1. The fourth-order valence-corrected chi connectivity index (χ4v) is 3.36. The number of benzene rings is 2. The molecule has 0 aliphatic carbocycles. The van der Waals surface area contributed by atoms with Crippen LogP contribution in [0, 0.1) is 11.6 Å². The molecule has 1 saturated heterocycles. The van der Waals surface area contributed by atoms with Crippen LogP contribution in [-0.2, 0) is 0 Å². The molecule has 2 aromatic carbocycles. The van der Waals surface area contributed by atoms with Crippen molar-refractivity contribution in [2.75, 3.05) is 13.1 Å². The Morgan fingerprint density at radius 1 is 1.08 bits per heavy atom. The molecule has 0 atom stereocenters. The molecule has 1 aromatic heterocycles. The third kappa shape index (κ3) is 3.12. The summed E-state index contributed by atoms with van der Waals surface area (Å²) in [5, 5.41) is 0. The van der Waals surface area contributed by atoms with Gasteiger partial charge in [0.25, 0.3) is 5.91 Å². The molecule has 6 heteroatoms. The zero-order chi connectivity index (χ0) is 17.4. The molecular formula is C19H17F2N3O. The quantitative estimate of drug-likeness (QED) is 0.769. The minimum absolute atomic E-state index is 0.148. The number of nitrogens with zero attached hydrogens (tertiary/aromatic N) is 2. The first kappa shape index (κ1) is 15.7. The average molecular weight is 341 g/mol. The van der Waals surface area contributed by atoms with Crippen molar-refractivity contribution < 1.29 is 13.6 Å². The van der Waals surface area contributed by atoms with E-state index in [0.29, 0.717) is 24.2 Å². The lowest BCUT2D eigenvalue weighted by molar-refractivity contribution is 0.0711. The molecule has 0 spiro atoms. The first-order valence-corrected chi connectivity index (χ1v) is 8.30. The van der Waals surface area contributed by atoms with Gasteiger partial charge in [-0.05, 0) is 49.2 Å². The smallest absolute Gasteiger partial charge is 0.253 e. The number of amides is 1. The molecule has 128 valence electrons. The van der Waals surface area contributed by atoms with Gasteiger partial charge >= 0.3 is 0 Å². The number of piperidine rings is 1. The zero-order valence-electron chi connectivity index (χ0n) is 13.5. The van der Waals surface area contributed by atoms with E-state index in [0.717, 1.165) is 24.2 Å². The van der Waals surface area contributed by atoms with Crippen molar-refractivity contribution in [2.24, 2.45) is 0 Å². The fourth-order valence-electron chi connectivity index (χ4n) is 3.36. The predicted octanol–water partition coefficient (Wildman–Crippen LogP) is 3.86. The average Bonchev–Trinajstić information content (AvgIpc) is 3.04. The summed E-state index contributed by atoms with van der Waals surface area (Å²) in [5.74, 6) is 0.184. The van der Waals surface area contributed by atoms with Gasteiger partial charge in [0, 0.05) is 24.6 Å². The number of H-pyrrole nitrogens is 1. The van der Waals surface area contributed by atoms with Crippen LogP contribution in [0.25, 0.3) is 11.0 Å². The number of aromatic amines is 1. The van der Waals surface area contributed by atoms with Gasteiger partial charge in [0.05, 0.1) is 11.0 Å². The maximum atomic E-state index is 13.3. The van der Waals surface area contributed by atoms with E-state index < -0.39 is 5.82 Å². The molecule has 1 amide bonds. The highest BCUT2D eigenvalue weighted by Gasteiger charge is 2.26. The monoisotopic (exact) mass is 341 g/mol. The van der Waals surface area contributed by atoms with E-state index in [1.54, 1.807) is 23.1 Å². The summed E-state index contributed by atoms with van der Waals surface area (Å²) in [7, 11) is 0. The maximum absolute atomic E-state index is 13.3. The molecule has 1 aliphatic heterocycles. The number of hydrogen-bond donors (Lipinski definition) is 1. The van der Waals surface area contributed by atoms with Crippen molar-refractivity contribution >= 4 is 16.9 Å². The largest absolute Gasteiger partial charge is 0.342 e. The van der Waals surface area contributed by atoms with Crippen LogP contribution in [0.5, 0.6) is 0 Å². The van der Waals surface area contributed by atoms with Crippen LogP contribution in [0.2, 0.25) is 0 Å². The number of carbonyl (C=O) groups is 1. The van der Waals surface area contributed by atoms with Gasteiger partial charge in [0.2, 0.25) is 0 Å². The molecule has 0 unspecified atom stereocenters. The standard InChI is InChI=1S/C19H17F2N3O/c20-14-3-1-2-13(10-14)19(25)24-8-6-12(7-9-24)18-22-16-5-4-15(21)11-17(16)23-18/h1-5,10-12H,6-9H2,(H,22,23). The number of hydrogen-bond acceptors (Lipinski definition) is 2. The normalized spacial score (nSPS) is 15.7. The molecule has 1 N–H and O–H groups in total. The highest BCUT2D eigenvalue weighted by atomic mass is 19.1. The molecular weight excluding hydrogens is 324 g/mol. The Hall–Kier alpha value is -2.76. The lowest BCUT2D eigenvalue weighted by atomic mass is 9.95. The molecule has 1 aliphatic rings. The Kier molecular flexibility index (Phi) is 3.95. The molecule has 3 aromatic rings. The maximum Gasteiger partial charge on any atom is 0.253 e. The SMILES string of the molecule is O=C(c1cccc(F)c1)N1CCC(c2nc3ccc(F)cc3[nH]2)CC1. The topological polar surface area (TPSA) is 49.0 Å². The highest BCUT2D eigenvalue weighted by Crippen LogP contribution is 2.28. The number of imidazole rings is 1. The molecule has 25 heavy (non-hydrogen) atoms. The van der Waals surface area contributed by atoms with Crippen molar-refractivity contribution in [1.82, 2.24) is 14.9 Å². The van der Waals surface area contributed by atoms with Crippen molar-refractivity contribution in [1.29, 1.82) is 0 Å². The van der Waals surface area contributed by atoms with E-state index in [9.17, 15) is 13.6 Å². The molecule has 0 bridgehead atoms. The molecule has 0 radical (unpaired) electrons. The van der Waals surface area contributed by atoms with Crippen molar-refractivity contribution in [3.8, 4) is 0 Å². The third-order valence-electron chi connectivity index (χ3n) is 4.70. The van der Waals surface area contributed by atoms with Gasteiger partial charge < -0.3 is 9.88 Å². The molecule has 4 nitrogen and oxygen atoms in total. The highest BCUT2D eigenvalue weighted by molar-refractivity contribution is 5.94. The van der Waals surface area contributed by atoms with E-state index in [2.05, 4.69) is 9.97 Å². The van der Waals surface area contributed by atoms with E-state index >= 15 is 0 Å². The van der Waals surface area contributed by atoms with Gasteiger partial charge in [-0.3, -0.25) is 4.79 Å². The van der Waals surface area contributed by atoms with Crippen molar-refractivity contribution in [3.63, 3.8) is 0 Å². The number of halogens is 2. The Labute approximate surface area is 143 Å². The second-order valence-electron chi connectivity index (χ2n) is 6.36. The Balaban J connectivity index is 1.46. The summed E-state index contributed by atoms with van der Waals surface area (Å²) >= 11 is 0.